The highest BCUT2D eigenvalue weighted by Gasteiger charge is 2.54. The number of hydrogen-bond donors (Lipinski definition) is 4. The van der Waals surface area contributed by atoms with Crippen molar-refractivity contribution < 1.29 is 15.0 Å². The lowest BCUT2D eigenvalue weighted by atomic mass is 9.85. The van der Waals surface area contributed by atoms with Crippen LogP contribution in [0.4, 0.5) is 5.82 Å². The van der Waals surface area contributed by atoms with E-state index < -0.39 is 23.7 Å². The van der Waals surface area contributed by atoms with Gasteiger partial charge in [-0.3, -0.25) is 4.79 Å². The fraction of sp³-hybridized carbons (Fsp3) is 0.478. The average molecular weight is 503 g/mol. The first-order valence-electron chi connectivity index (χ1n) is 11.1. The number of amides is 1. The van der Waals surface area contributed by atoms with Gasteiger partial charge in [0.15, 0.2) is 17.0 Å². The molecule has 3 aromatic rings. The second-order valence-corrected chi connectivity index (χ2v) is 10.3. The number of aromatic nitrogens is 4. The predicted molar refractivity (Wildman–Crippen MR) is 132 cm³/mol. The molecule has 3 heterocycles. The van der Waals surface area contributed by atoms with Gasteiger partial charge in [-0.05, 0) is 43.7 Å². The van der Waals surface area contributed by atoms with Gasteiger partial charge in [0.25, 0.3) is 0 Å². The predicted octanol–water partition coefficient (Wildman–Crippen LogP) is 2.57. The quantitative estimate of drug-likeness (QED) is 0.301. The minimum atomic E-state index is -1.23. The Morgan fingerprint density at radius 2 is 2.15 bits per heavy atom. The molecule has 0 saturated heterocycles. The Hall–Kier alpha value is -2.71. The van der Waals surface area contributed by atoms with Crippen LogP contribution in [0.3, 0.4) is 0 Å². The molecular formula is C23H27ClN6O3S. The molecule has 1 aliphatic rings. The monoisotopic (exact) mass is 502 g/mol. The summed E-state index contributed by atoms with van der Waals surface area (Å²) in [5.41, 5.74) is -0.137. The van der Waals surface area contributed by atoms with E-state index in [0.717, 1.165) is 17.7 Å². The van der Waals surface area contributed by atoms with Crippen molar-refractivity contribution >= 4 is 45.8 Å². The molecule has 1 aliphatic carbocycles. The van der Waals surface area contributed by atoms with E-state index in [-0.39, 0.29) is 12.3 Å². The van der Waals surface area contributed by atoms with Crippen LogP contribution in [-0.2, 0) is 4.79 Å². The zero-order chi connectivity index (χ0) is 24.5. The van der Waals surface area contributed by atoms with E-state index >= 15 is 0 Å². The number of rotatable bonds is 6. The van der Waals surface area contributed by atoms with E-state index in [0.29, 0.717) is 33.7 Å². The van der Waals surface area contributed by atoms with Crippen LogP contribution in [0.1, 0.15) is 49.9 Å². The Morgan fingerprint density at radius 1 is 1.35 bits per heavy atom. The molecule has 0 aromatic carbocycles. The van der Waals surface area contributed by atoms with Gasteiger partial charge in [0.2, 0.25) is 11.7 Å². The highest BCUT2D eigenvalue weighted by atomic mass is 35.5. The molecule has 4 N–H and O–H groups in total. The number of imidazole rings is 1. The third-order valence-electron chi connectivity index (χ3n) is 6.22. The average Bonchev–Trinajstić information content (AvgIpc) is 3.50. The molecule has 11 heteroatoms. The van der Waals surface area contributed by atoms with Crippen molar-refractivity contribution in [1.82, 2.24) is 24.8 Å². The second kappa shape index (κ2) is 9.88. The third-order valence-corrected chi connectivity index (χ3v) is 7.37. The first-order chi connectivity index (χ1) is 16.3. The minimum Gasteiger partial charge on any atom is -0.389 e. The zero-order valence-electron chi connectivity index (χ0n) is 19.2. The van der Waals surface area contributed by atoms with Crippen molar-refractivity contribution in [3.8, 4) is 11.8 Å². The number of carbonyl (C=O) groups excluding carboxylic acids is 1. The minimum absolute atomic E-state index is 0.220. The molecule has 1 saturated carbocycles. The Balaban J connectivity index is 1.77. The molecule has 3 aromatic heterocycles. The molecule has 0 bridgehead atoms. The second-order valence-electron chi connectivity index (χ2n) is 8.56. The molecule has 180 valence electrons. The van der Waals surface area contributed by atoms with Gasteiger partial charge in [0, 0.05) is 13.6 Å². The molecule has 9 nitrogen and oxygen atoms in total. The lowest BCUT2D eigenvalue weighted by Gasteiger charge is -2.26. The van der Waals surface area contributed by atoms with E-state index in [1.54, 1.807) is 23.9 Å². The van der Waals surface area contributed by atoms with E-state index in [9.17, 15) is 15.0 Å². The lowest BCUT2D eigenvalue weighted by molar-refractivity contribution is -0.136. The Kier molecular flexibility index (Phi) is 7.09. The SMILES string of the molecule is CCCCNc1nc(C#Cc2ccc(Cl)s2)nc2c1ncn2[C@@H]1CC(C)(C(=O)NC)[C@@H](O)[C@H]1O. The number of aliphatic hydroxyl groups excluding tert-OH is 2. The summed E-state index contributed by atoms with van der Waals surface area (Å²) >= 11 is 7.37. The van der Waals surface area contributed by atoms with E-state index in [2.05, 4.69) is 44.4 Å². The van der Waals surface area contributed by atoms with Crippen LogP contribution in [0, 0.1) is 17.3 Å². The van der Waals surface area contributed by atoms with Crippen LogP contribution in [0.15, 0.2) is 18.5 Å². The summed E-state index contributed by atoms with van der Waals surface area (Å²) in [4.78, 5) is 26.9. The molecule has 0 spiro atoms. The summed E-state index contributed by atoms with van der Waals surface area (Å²) in [6.45, 7) is 4.46. The molecule has 0 aliphatic heterocycles. The standard InChI is InChI=1S/C23H27ClN6O3S/c1-4-5-10-26-20-17-21(29-16(28-20)9-7-13-6-8-15(24)34-13)30(12-27-17)14-11-23(2,22(33)25-3)19(32)18(14)31/h6,8,12,14,18-19,31-32H,4-5,10-11H2,1-3H3,(H,25,33)(H,26,28,29)/t14-,18+,19+,23?/m1/s1. The van der Waals surface area contributed by atoms with Crippen LogP contribution in [0.2, 0.25) is 4.34 Å². The molecule has 4 atom stereocenters. The van der Waals surface area contributed by atoms with Crippen molar-refractivity contribution in [2.24, 2.45) is 5.41 Å². The normalized spacial score (nSPS) is 24.1. The molecule has 1 fully saturated rings. The fourth-order valence-corrected chi connectivity index (χ4v) is 5.16. The van der Waals surface area contributed by atoms with Gasteiger partial charge in [-0.1, -0.05) is 24.9 Å². The van der Waals surface area contributed by atoms with Crippen LogP contribution >= 0.6 is 22.9 Å². The summed E-state index contributed by atoms with van der Waals surface area (Å²) < 4.78 is 2.35. The molecule has 0 radical (unpaired) electrons. The number of hydrogen-bond acceptors (Lipinski definition) is 8. The maximum Gasteiger partial charge on any atom is 0.228 e. The fourth-order valence-electron chi connectivity index (χ4n) is 4.26. The van der Waals surface area contributed by atoms with Gasteiger partial charge in [-0.25, -0.2) is 15.0 Å². The van der Waals surface area contributed by atoms with Gasteiger partial charge in [0.05, 0.1) is 33.1 Å². The van der Waals surface area contributed by atoms with Crippen LogP contribution < -0.4 is 10.6 Å². The number of unbranched alkanes of at least 4 members (excludes halogenated alkanes) is 1. The smallest absolute Gasteiger partial charge is 0.228 e. The molecule has 1 amide bonds. The summed E-state index contributed by atoms with van der Waals surface area (Å²) in [5, 5.41) is 27.5. The van der Waals surface area contributed by atoms with Gasteiger partial charge in [-0.15, -0.1) is 11.3 Å². The molecule has 4 rings (SSSR count). The molecular weight excluding hydrogens is 476 g/mol. The van der Waals surface area contributed by atoms with Crippen LogP contribution in [0.5, 0.6) is 0 Å². The molecule has 34 heavy (non-hydrogen) atoms. The molecule has 1 unspecified atom stereocenters. The van der Waals surface area contributed by atoms with Gasteiger partial charge < -0.3 is 25.4 Å². The first kappa shape index (κ1) is 24.4. The summed E-state index contributed by atoms with van der Waals surface area (Å²) in [7, 11) is 1.51. The van der Waals surface area contributed by atoms with Crippen molar-refractivity contribution in [3.05, 3.63) is 33.5 Å². The van der Waals surface area contributed by atoms with Crippen molar-refractivity contribution in [2.45, 2.75) is 51.4 Å². The summed E-state index contributed by atoms with van der Waals surface area (Å²) in [5.74, 6) is 6.53. The number of nitrogens with one attached hydrogen (secondary N) is 2. The number of thiophene rings is 1. The third kappa shape index (κ3) is 4.49. The zero-order valence-corrected chi connectivity index (χ0v) is 20.7. The highest BCUT2D eigenvalue weighted by molar-refractivity contribution is 7.16. The van der Waals surface area contributed by atoms with E-state index in [4.69, 9.17) is 11.6 Å². The number of fused-ring (bicyclic) bond motifs is 1. The Morgan fingerprint density at radius 3 is 2.82 bits per heavy atom. The maximum atomic E-state index is 12.5. The number of nitrogens with zero attached hydrogens (tertiary/aromatic N) is 4. The number of carbonyl (C=O) groups is 1. The van der Waals surface area contributed by atoms with E-state index in [1.165, 1.54) is 18.4 Å². The summed E-state index contributed by atoms with van der Waals surface area (Å²) in [6.07, 6.45) is 1.36. The Bertz CT molecular complexity index is 1260. The topological polar surface area (TPSA) is 125 Å². The number of aliphatic hydroxyl groups is 2. The largest absolute Gasteiger partial charge is 0.389 e. The Labute approximate surface area is 206 Å². The first-order valence-corrected chi connectivity index (χ1v) is 12.3. The summed E-state index contributed by atoms with van der Waals surface area (Å²) in [6, 6.07) is 3.01. The maximum absolute atomic E-state index is 12.5. The van der Waals surface area contributed by atoms with Gasteiger partial charge in [-0.2, -0.15) is 0 Å². The van der Waals surface area contributed by atoms with Crippen molar-refractivity contribution in [3.63, 3.8) is 0 Å². The number of anilines is 1. The number of halogens is 1. The lowest BCUT2D eigenvalue weighted by Crippen LogP contribution is -2.45. The van der Waals surface area contributed by atoms with Gasteiger partial charge >= 0.3 is 0 Å². The van der Waals surface area contributed by atoms with Crippen LogP contribution in [0.25, 0.3) is 11.2 Å². The van der Waals surface area contributed by atoms with Crippen LogP contribution in [-0.4, -0.2) is 61.4 Å². The highest BCUT2D eigenvalue weighted by Crippen LogP contribution is 2.45. The van der Waals surface area contributed by atoms with Crippen molar-refractivity contribution in [2.75, 3.05) is 18.9 Å². The van der Waals surface area contributed by atoms with Crippen molar-refractivity contribution in [1.29, 1.82) is 0 Å². The van der Waals surface area contributed by atoms with E-state index in [1.807, 2.05) is 6.07 Å². The van der Waals surface area contributed by atoms with Gasteiger partial charge in [0.1, 0.15) is 6.10 Å².